The van der Waals surface area contributed by atoms with Crippen LogP contribution in [0.4, 0.5) is 16.3 Å². The molecule has 3 heterocycles. The minimum atomic E-state index is -0.469. The maximum atomic E-state index is 12.9. The highest BCUT2D eigenvalue weighted by Gasteiger charge is 2.25. The van der Waals surface area contributed by atoms with E-state index in [9.17, 15) is 14.4 Å². The summed E-state index contributed by atoms with van der Waals surface area (Å²) in [6.45, 7) is 7.84. The lowest BCUT2D eigenvalue weighted by Crippen LogP contribution is -2.50. The van der Waals surface area contributed by atoms with Crippen molar-refractivity contribution in [3.05, 3.63) is 76.5 Å². The van der Waals surface area contributed by atoms with Gasteiger partial charge < -0.3 is 24.4 Å². The largest absolute Gasteiger partial charge is 0.493 e. The molecule has 1 aromatic heterocycles. The first-order valence-electron chi connectivity index (χ1n) is 16.5. The monoisotopic (exact) mass is 745 g/mol. The lowest BCUT2D eigenvalue weighted by atomic mass is 10.1. The Morgan fingerprint density at radius 3 is 2.54 bits per heavy atom. The van der Waals surface area contributed by atoms with Crippen molar-refractivity contribution in [2.24, 2.45) is 0 Å². The summed E-state index contributed by atoms with van der Waals surface area (Å²) < 4.78 is 18.7. The molecule has 2 aliphatic heterocycles. The van der Waals surface area contributed by atoms with Gasteiger partial charge in [-0.2, -0.15) is 0 Å². The first kappa shape index (κ1) is 34.9. The summed E-state index contributed by atoms with van der Waals surface area (Å²) in [6, 6.07) is 18.5. The predicted molar refractivity (Wildman–Crippen MR) is 193 cm³/mol. The Morgan fingerprint density at radius 2 is 1.78 bits per heavy atom. The number of carbonyl (C=O) groups excluding carboxylic acids is 3. The number of aryl methyl sites for hydroxylation is 1. The van der Waals surface area contributed by atoms with Crippen LogP contribution in [0.25, 0.3) is 10.9 Å². The van der Waals surface area contributed by atoms with Crippen LogP contribution in [-0.4, -0.2) is 97.2 Å². The number of imide groups is 1. The molecule has 4 amide bonds. The molecular formula is C36H40BrN7O6. The van der Waals surface area contributed by atoms with Crippen LogP contribution < -0.4 is 29.7 Å². The Balaban J connectivity index is 0.991. The number of halogens is 1. The Bertz CT molecular complexity index is 1880. The van der Waals surface area contributed by atoms with E-state index in [2.05, 4.69) is 55.5 Å². The maximum absolute atomic E-state index is 12.9. The number of aromatic nitrogens is 2. The summed E-state index contributed by atoms with van der Waals surface area (Å²) in [4.78, 5) is 51.5. The summed E-state index contributed by atoms with van der Waals surface area (Å²) in [7, 11) is 1.62. The van der Waals surface area contributed by atoms with Crippen molar-refractivity contribution < 1.29 is 28.6 Å². The van der Waals surface area contributed by atoms with Gasteiger partial charge in [-0.25, -0.2) is 14.8 Å². The number of nitrogens with zero attached hydrogens (tertiary/aromatic N) is 5. The number of benzene rings is 3. The number of nitrogens with one attached hydrogen (secondary N) is 2. The van der Waals surface area contributed by atoms with E-state index in [0.29, 0.717) is 74.6 Å². The molecule has 6 rings (SSSR count). The molecule has 262 valence electrons. The van der Waals surface area contributed by atoms with Gasteiger partial charge in [0.2, 0.25) is 5.91 Å². The fraction of sp³-hybridized carbons (Fsp3) is 0.361. The van der Waals surface area contributed by atoms with E-state index >= 15 is 0 Å². The van der Waals surface area contributed by atoms with Crippen LogP contribution >= 0.6 is 15.9 Å². The summed E-state index contributed by atoms with van der Waals surface area (Å²) in [6.07, 6.45) is 0.229. The number of fused-ring (bicyclic) bond motifs is 1. The van der Waals surface area contributed by atoms with Gasteiger partial charge in [0.25, 0.3) is 5.91 Å². The van der Waals surface area contributed by atoms with Gasteiger partial charge in [-0.15, -0.1) is 0 Å². The van der Waals surface area contributed by atoms with Crippen molar-refractivity contribution in [3.63, 3.8) is 0 Å². The Morgan fingerprint density at radius 1 is 0.980 bits per heavy atom. The number of anilines is 2. The quantitative estimate of drug-likeness (QED) is 0.205. The van der Waals surface area contributed by atoms with Gasteiger partial charge in [0.15, 0.2) is 18.1 Å². The standard InChI is InChI=1S/C36H40BrN7O6/c1-23(25-6-4-7-26(37)18-25)38-35-29-20-31(48-3)32(21-30(29)39-24(2)40-35)49-17-16-42-12-14-43(15-13-42)34(46)22-50-28-9-5-8-27(19-28)44-11-10-33(45)41-36(44)47/h4-9,18-21,23H,10-17,22H2,1-3H3,(H,38,39,40)(H,41,45,47)/t23-/m1/s1. The average molecular weight is 747 g/mol. The minimum absolute atomic E-state index is 0.0116. The Labute approximate surface area is 299 Å². The highest BCUT2D eigenvalue weighted by molar-refractivity contribution is 9.10. The molecule has 2 aliphatic rings. The molecule has 1 atom stereocenters. The summed E-state index contributed by atoms with van der Waals surface area (Å²) >= 11 is 3.55. The van der Waals surface area contributed by atoms with Crippen LogP contribution in [0, 0.1) is 6.92 Å². The number of urea groups is 1. The van der Waals surface area contributed by atoms with Crippen molar-refractivity contribution in [1.29, 1.82) is 0 Å². The first-order chi connectivity index (χ1) is 24.2. The highest BCUT2D eigenvalue weighted by atomic mass is 79.9. The van der Waals surface area contributed by atoms with E-state index in [1.807, 2.05) is 31.2 Å². The number of hydrogen-bond donors (Lipinski definition) is 2. The van der Waals surface area contributed by atoms with Gasteiger partial charge in [0.05, 0.1) is 18.7 Å². The second-order valence-corrected chi connectivity index (χ2v) is 13.1. The zero-order valence-corrected chi connectivity index (χ0v) is 29.9. The summed E-state index contributed by atoms with van der Waals surface area (Å²) in [5, 5.41) is 6.69. The van der Waals surface area contributed by atoms with Gasteiger partial charge in [0.1, 0.15) is 24.0 Å². The van der Waals surface area contributed by atoms with Crippen molar-refractivity contribution in [3.8, 4) is 17.2 Å². The van der Waals surface area contributed by atoms with E-state index in [0.717, 1.165) is 26.8 Å². The van der Waals surface area contributed by atoms with Crippen LogP contribution in [0.1, 0.15) is 30.8 Å². The number of ether oxygens (including phenoxy) is 3. The lowest BCUT2D eigenvalue weighted by molar-refractivity contribution is -0.135. The van der Waals surface area contributed by atoms with Crippen LogP contribution in [-0.2, 0) is 9.59 Å². The molecule has 2 saturated heterocycles. The van der Waals surface area contributed by atoms with Gasteiger partial charge in [-0.05, 0) is 49.7 Å². The normalized spacial score (nSPS) is 15.8. The van der Waals surface area contributed by atoms with Crippen molar-refractivity contribution in [2.45, 2.75) is 26.3 Å². The number of carbonyl (C=O) groups is 3. The number of methoxy groups -OCH3 is 1. The zero-order valence-electron chi connectivity index (χ0n) is 28.3. The fourth-order valence-electron chi connectivity index (χ4n) is 5.99. The topological polar surface area (TPSA) is 138 Å². The fourth-order valence-corrected chi connectivity index (χ4v) is 6.41. The third-order valence-electron chi connectivity index (χ3n) is 8.73. The molecule has 0 spiro atoms. The molecule has 50 heavy (non-hydrogen) atoms. The maximum Gasteiger partial charge on any atom is 0.328 e. The third kappa shape index (κ3) is 8.43. The van der Waals surface area contributed by atoms with E-state index in [1.54, 1.807) is 36.3 Å². The van der Waals surface area contributed by atoms with Crippen LogP contribution in [0.2, 0.25) is 0 Å². The van der Waals surface area contributed by atoms with Crippen LogP contribution in [0.5, 0.6) is 17.2 Å². The molecule has 0 radical (unpaired) electrons. The second kappa shape index (κ2) is 15.7. The summed E-state index contributed by atoms with van der Waals surface area (Å²) in [5.74, 6) is 2.65. The smallest absolute Gasteiger partial charge is 0.328 e. The van der Waals surface area contributed by atoms with Gasteiger partial charge >= 0.3 is 6.03 Å². The number of rotatable bonds is 12. The van der Waals surface area contributed by atoms with Crippen LogP contribution in [0.15, 0.2) is 65.1 Å². The van der Waals surface area contributed by atoms with Gasteiger partial charge in [-0.3, -0.25) is 24.7 Å². The third-order valence-corrected chi connectivity index (χ3v) is 9.22. The Hall–Kier alpha value is -4.95. The molecule has 2 fully saturated rings. The molecule has 0 saturated carbocycles. The number of piperazine rings is 1. The average Bonchev–Trinajstić information content (AvgIpc) is 3.10. The van der Waals surface area contributed by atoms with E-state index in [1.165, 1.54) is 4.90 Å². The first-order valence-corrected chi connectivity index (χ1v) is 17.3. The highest BCUT2D eigenvalue weighted by Crippen LogP contribution is 2.35. The molecule has 0 aliphatic carbocycles. The molecule has 4 aromatic rings. The molecule has 14 heteroatoms. The second-order valence-electron chi connectivity index (χ2n) is 12.2. The lowest BCUT2D eigenvalue weighted by Gasteiger charge is -2.34. The molecule has 3 aromatic carbocycles. The van der Waals surface area contributed by atoms with Gasteiger partial charge in [0, 0.05) is 73.4 Å². The molecular weight excluding hydrogens is 706 g/mol. The van der Waals surface area contributed by atoms with Crippen molar-refractivity contribution in [2.75, 3.05) is 69.8 Å². The Kier molecular flexibility index (Phi) is 11.0. The minimum Gasteiger partial charge on any atom is -0.493 e. The van der Waals surface area contributed by atoms with Crippen molar-refractivity contribution in [1.82, 2.24) is 25.1 Å². The van der Waals surface area contributed by atoms with E-state index in [4.69, 9.17) is 19.2 Å². The summed E-state index contributed by atoms with van der Waals surface area (Å²) in [5.41, 5.74) is 2.48. The number of hydrogen-bond acceptors (Lipinski definition) is 10. The zero-order chi connectivity index (χ0) is 35.2. The van der Waals surface area contributed by atoms with E-state index in [-0.39, 0.29) is 30.9 Å². The van der Waals surface area contributed by atoms with E-state index < -0.39 is 6.03 Å². The number of amides is 4. The van der Waals surface area contributed by atoms with Gasteiger partial charge in [-0.1, -0.05) is 34.1 Å². The molecule has 0 bridgehead atoms. The SMILES string of the molecule is COc1cc2c(N[C@H](C)c3cccc(Br)c3)nc(C)nc2cc1OCCN1CCN(C(=O)COc2cccc(N3CCC(=O)NC3=O)c2)CC1. The molecule has 13 nitrogen and oxygen atoms in total. The van der Waals surface area contributed by atoms with Crippen LogP contribution in [0.3, 0.4) is 0 Å². The van der Waals surface area contributed by atoms with Crippen molar-refractivity contribution >= 4 is 56.2 Å². The molecule has 2 N–H and O–H groups in total. The molecule has 0 unspecified atom stereocenters. The predicted octanol–water partition coefficient (Wildman–Crippen LogP) is 4.93.